The highest BCUT2D eigenvalue weighted by atomic mass is 32.1. The second kappa shape index (κ2) is 4.63. The maximum Gasteiger partial charge on any atom is 0.326 e. The predicted octanol–water partition coefficient (Wildman–Crippen LogP) is 2.24. The van der Waals surface area contributed by atoms with Gasteiger partial charge in [-0.2, -0.15) is 0 Å². The molecule has 19 heavy (non-hydrogen) atoms. The molecule has 1 N–H and O–H groups in total. The third-order valence-corrected chi connectivity index (χ3v) is 5.19. The van der Waals surface area contributed by atoms with Crippen molar-refractivity contribution in [2.75, 3.05) is 6.54 Å². The van der Waals surface area contributed by atoms with Gasteiger partial charge in [0.05, 0.1) is 0 Å². The molecule has 2 fully saturated rings. The van der Waals surface area contributed by atoms with E-state index >= 15 is 0 Å². The first-order chi connectivity index (χ1) is 9.08. The number of carboxylic acid groups (broad SMARTS) is 1. The van der Waals surface area contributed by atoms with Crippen LogP contribution in [0.4, 0.5) is 0 Å². The summed E-state index contributed by atoms with van der Waals surface area (Å²) >= 11 is 1.74. The standard InChI is InChI=1S/C14H17NO3S/c1-8-4-5-12(19-8)9-7-10(9)13(16)15-6-2-3-11(15)14(17)18/h4-5,9-11H,2-3,6-7H2,1H3,(H,17,18)/t9?,10?,11-/m1/s1. The van der Waals surface area contributed by atoms with Crippen LogP contribution in [0.25, 0.3) is 0 Å². The molecule has 0 aromatic carbocycles. The number of carbonyl (C=O) groups excluding carboxylic acids is 1. The smallest absolute Gasteiger partial charge is 0.326 e. The molecule has 1 amide bonds. The summed E-state index contributed by atoms with van der Waals surface area (Å²) in [5, 5.41) is 9.13. The van der Waals surface area contributed by atoms with Gasteiger partial charge >= 0.3 is 5.97 Å². The summed E-state index contributed by atoms with van der Waals surface area (Å²) < 4.78 is 0. The molecule has 1 aromatic heterocycles. The molecule has 2 aliphatic rings. The molecular formula is C14H17NO3S. The quantitative estimate of drug-likeness (QED) is 0.923. The lowest BCUT2D eigenvalue weighted by molar-refractivity contribution is -0.148. The molecule has 1 saturated carbocycles. The van der Waals surface area contributed by atoms with Crippen molar-refractivity contribution in [3.05, 3.63) is 21.9 Å². The lowest BCUT2D eigenvalue weighted by Gasteiger charge is -2.21. The van der Waals surface area contributed by atoms with Crippen LogP contribution in [0.15, 0.2) is 12.1 Å². The van der Waals surface area contributed by atoms with Crippen LogP contribution in [0.1, 0.15) is 34.9 Å². The summed E-state index contributed by atoms with van der Waals surface area (Å²) in [5.74, 6) is -0.491. The molecule has 5 heteroatoms. The molecule has 3 atom stereocenters. The fraction of sp³-hybridized carbons (Fsp3) is 0.571. The van der Waals surface area contributed by atoms with E-state index < -0.39 is 12.0 Å². The van der Waals surface area contributed by atoms with Gasteiger partial charge in [0.25, 0.3) is 0 Å². The minimum absolute atomic E-state index is 0.0120. The SMILES string of the molecule is Cc1ccc(C2CC2C(=O)N2CCC[C@@H]2C(=O)O)s1. The van der Waals surface area contributed by atoms with Gasteiger partial charge in [0.15, 0.2) is 0 Å². The number of amides is 1. The summed E-state index contributed by atoms with van der Waals surface area (Å²) in [6, 6.07) is 3.57. The highest BCUT2D eigenvalue weighted by Crippen LogP contribution is 2.51. The molecule has 0 radical (unpaired) electrons. The van der Waals surface area contributed by atoms with E-state index in [2.05, 4.69) is 19.1 Å². The highest BCUT2D eigenvalue weighted by Gasteiger charge is 2.49. The summed E-state index contributed by atoms with van der Waals surface area (Å²) in [4.78, 5) is 27.6. The molecule has 1 aromatic rings. The van der Waals surface area contributed by atoms with Crippen LogP contribution in [0, 0.1) is 12.8 Å². The number of carbonyl (C=O) groups is 2. The predicted molar refractivity (Wildman–Crippen MR) is 72.3 cm³/mol. The van der Waals surface area contributed by atoms with E-state index in [1.54, 1.807) is 16.2 Å². The van der Waals surface area contributed by atoms with Crippen LogP contribution in [0.5, 0.6) is 0 Å². The Labute approximate surface area is 116 Å². The average Bonchev–Trinajstić information content (AvgIpc) is 2.82. The second-order valence-corrected chi connectivity index (χ2v) is 6.74. The van der Waals surface area contributed by atoms with Crippen LogP contribution in [-0.4, -0.2) is 34.5 Å². The van der Waals surface area contributed by atoms with Crippen LogP contribution in [0.3, 0.4) is 0 Å². The van der Waals surface area contributed by atoms with Crippen molar-refractivity contribution < 1.29 is 14.7 Å². The van der Waals surface area contributed by atoms with Crippen LogP contribution < -0.4 is 0 Å². The van der Waals surface area contributed by atoms with Gasteiger partial charge < -0.3 is 10.0 Å². The van der Waals surface area contributed by atoms with Crippen LogP contribution >= 0.6 is 11.3 Å². The molecule has 3 rings (SSSR count). The summed E-state index contributed by atoms with van der Waals surface area (Å²) in [6.07, 6.45) is 2.27. The highest BCUT2D eigenvalue weighted by molar-refractivity contribution is 7.12. The number of hydrogen-bond acceptors (Lipinski definition) is 3. The van der Waals surface area contributed by atoms with E-state index in [4.69, 9.17) is 5.11 Å². The molecule has 0 bridgehead atoms. The maximum atomic E-state index is 12.4. The van der Waals surface area contributed by atoms with Crippen molar-refractivity contribution in [3.63, 3.8) is 0 Å². The van der Waals surface area contributed by atoms with Gasteiger partial charge in [-0.15, -0.1) is 11.3 Å². The zero-order valence-corrected chi connectivity index (χ0v) is 11.7. The zero-order valence-electron chi connectivity index (χ0n) is 10.8. The Bertz CT molecular complexity index is 525. The normalized spacial score (nSPS) is 29.5. The average molecular weight is 279 g/mol. The fourth-order valence-corrected chi connectivity index (χ4v) is 3.99. The minimum Gasteiger partial charge on any atom is -0.480 e. The number of carboxylic acids is 1. The molecule has 0 spiro atoms. The van der Waals surface area contributed by atoms with Gasteiger partial charge in [-0.1, -0.05) is 0 Å². The lowest BCUT2D eigenvalue weighted by Crippen LogP contribution is -2.41. The van der Waals surface area contributed by atoms with Gasteiger partial charge in [-0.3, -0.25) is 4.79 Å². The first-order valence-corrected chi connectivity index (χ1v) is 7.49. The Balaban J connectivity index is 1.68. The Kier molecular flexibility index (Phi) is 3.09. The maximum absolute atomic E-state index is 12.4. The first-order valence-electron chi connectivity index (χ1n) is 6.67. The molecule has 102 valence electrons. The van der Waals surface area contributed by atoms with Crippen molar-refractivity contribution in [1.29, 1.82) is 0 Å². The van der Waals surface area contributed by atoms with E-state index in [0.717, 1.165) is 12.8 Å². The van der Waals surface area contributed by atoms with Crippen molar-refractivity contribution in [3.8, 4) is 0 Å². The van der Waals surface area contributed by atoms with E-state index in [1.165, 1.54) is 9.75 Å². The zero-order chi connectivity index (χ0) is 13.6. The third-order valence-electron chi connectivity index (χ3n) is 4.06. The van der Waals surface area contributed by atoms with Crippen molar-refractivity contribution in [2.45, 2.75) is 38.1 Å². The van der Waals surface area contributed by atoms with E-state index in [9.17, 15) is 9.59 Å². The van der Waals surface area contributed by atoms with E-state index in [0.29, 0.717) is 18.9 Å². The first kappa shape index (κ1) is 12.7. The summed E-state index contributed by atoms with van der Waals surface area (Å²) in [5.41, 5.74) is 0. The van der Waals surface area contributed by atoms with Gasteiger partial charge in [-0.25, -0.2) is 4.79 Å². The molecule has 1 saturated heterocycles. The number of rotatable bonds is 3. The Morgan fingerprint density at radius 2 is 2.21 bits per heavy atom. The minimum atomic E-state index is -0.866. The molecule has 1 aliphatic carbocycles. The summed E-state index contributed by atoms with van der Waals surface area (Å²) in [7, 11) is 0. The number of likely N-dealkylation sites (tertiary alicyclic amines) is 1. The van der Waals surface area contributed by atoms with Gasteiger partial charge in [0.2, 0.25) is 5.91 Å². The number of hydrogen-bond donors (Lipinski definition) is 1. The Hall–Kier alpha value is -1.36. The summed E-state index contributed by atoms with van der Waals surface area (Å²) in [6.45, 7) is 2.66. The van der Waals surface area contributed by atoms with E-state index in [1.807, 2.05) is 0 Å². The Morgan fingerprint density at radius 3 is 2.84 bits per heavy atom. The van der Waals surface area contributed by atoms with Crippen molar-refractivity contribution in [1.82, 2.24) is 4.90 Å². The number of aliphatic carboxylic acids is 1. The second-order valence-electron chi connectivity index (χ2n) is 5.42. The van der Waals surface area contributed by atoms with Gasteiger partial charge in [0, 0.05) is 28.1 Å². The van der Waals surface area contributed by atoms with E-state index in [-0.39, 0.29) is 11.8 Å². The molecular weight excluding hydrogens is 262 g/mol. The largest absolute Gasteiger partial charge is 0.480 e. The van der Waals surface area contributed by atoms with Crippen LogP contribution in [0.2, 0.25) is 0 Å². The monoisotopic (exact) mass is 279 g/mol. The van der Waals surface area contributed by atoms with Gasteiger partial charge in [-0.05, 0) is 38.3 Å². The molecule has 1 aliphatic heterocycles. The Morgan fingerprint density at radius 1 is 1.42 bits per heavy atom. The van der Waals surface area contributed by atoms with Crippen molar-refractivity contribution in [2.24, 2.45) is 5.92 Å². The number of aryl methyl sites for hydroxylation is 1. The molecule has 4 nitrogen and oxygen atoms in total. The topological polar surface area (TPSA) is 57.6 Å². The van der Waals surface area contributed by atoms with Crippen LogP contribution in [-0.2, 0) is 9.59 Å². The van der Waals surface area contributed by atoms with Crippen molar-refractivity contribution >= 4 is 23.2 Å². The lowest BCUT2D eigenvalue weighted by atomic mass is 10.2. The third kappa shape index (κ3) is 2.27. The molecule has 2 unspecified atom stereocenters. The van der Waals surface area contributed by atoms with Gasteiger partial charge in [0.1, 0.15) is 6.04 Å². The molecule has 2 heterocycles. The number of nitrogens with zero attached hydrogens (tertiary/aromatic N) is 1. The number of thiophene rings is 1. The fourth-order valence-electron chi connectivity index (χ4n) is 2.94.